The highest BCUT2D eigenvalue weighted by Gasteiger charge is 2.44. The molecule has 0 bridgehead atoms. The third-order valence-corrected chi connectivity index (χ3v) is 9.12. The van der Waals surface area contributed by atoms with Gasteiger partial charge in [-0.25, -0.2) is 0 Å². The SMILES string of the molecule is C/C(=C(/C#N)C(=O)N[C@H]1C(O)O[C@H](CO)[C@@H](O)[C@@H]1O)c1ccc(-c2ccc3cc(N4CCN(C)CC4)ccc3c2)s1. The Bertz CT molecular complexity index is 1490. The first kappa shape index (κ1) is 29.2. The lowest BCUT2D eigenvalue weighted by Crippen LogP contribution is -2.64. The number of anilines is 1. The maximum Gasteiger partial charge on any atom is 0.262 e. The molecule has 216 valence electrons. The number of carbonyl (C=O) groups excluding carboxylic acids is 1. The fourth-order valence-corrected chi connectivity index (χ4v) is 6.26. The molecule has 1 amide bonds. The fourth-order valence-electron chi connectivity index (χ4n) is 5.25. The number of benzene rings is 2. The second kappa shape index (κ2) is 12.3. The number of aliphatic hydroxyl groups is 4. The maximum absolute atomic E-state index is 13.0. The maximum atomic E-state index is 13.0. The number of likely N-dealkylation sites (N-methyl/N-ethyl adjacent to an activating group) is 1. The van der Waals surface area contributed by atoms with E-state index in [9.17, 15) is 30.5 Å². The molecule has 3 heterocycles. The molecule has 41 heavy (non-hydrogen) atoms. The molecule has 5 atom stereocenters. The van der Waals surface area contributed by atoms with Crippen LogP contribution in [0.4, 0.5) is 5.69 Å². The Balaban J connectivity index is 1.33. The quantitative estimate of drug-likeness (QED) is 0.217. The van der Waals surface area contributed by atoms with Gasteiger partial charge in [-0.3, -0.25) is 4.79 Å². The Labute approximate surface area is 242 Å². The highest BCUT2D eigenvalue weighted by molar-refractivity contribution is 7.16. The van der Waals surface area contributed by atoms with E-state index in [1.807, 2.05) is 18.2 Å². The number of nitrogens with one attached hydrogen (secondary N) is 1. The molecule has 11 heteroatoms. The van der Waals surface area contributed by atoms with Crippen LogP contribution in [0.1, 0.15) is 11.8 Å². The molecule has 2 saturated heterocycles. The molecule has 3 aromatic rings. The minimum Gasteiger partial charge on any atom is -0.394 e. The number of nitriles is 1. The van der Waals surface area contributed by atoms with E-state index in [4.69, 9.17) is 4.74 Å². The Morgan fingerprint density at radius 1 is 1.05 bits per heavy atom. The molecule has 0 radical (unpaired) electrons. The van der Waals surface area contributed by atoms with Crippen LogP contribution in [0.25, 0.3) is 26.8 Å². The summed E-state index contributed by atoms with van der Waals surface area (Å²) in [7, 11) is 2.15. The third-order valence-electron chi connectivity index (χ3n) is 7.86. The molecule has 5 N–H and O–H groups in total. The standard InChI is InChI=1S/C30H34N4O6S/c1-17(22(15-31)29(38)32-26-28(37)27(36)23(16-35)40-30(26)39)24-7-8-25(41-24)20-4-3-19-14-21(6-5-18(19)13-20)34-11-9-33(2)10-12-34/h3-8,13-14,23,26-28,30,35-37,39H,9-12,16H2,1-2H3,(H,32,38)/b22-17+/t23-,26-,27-,28-,30?/m1/s1. The summed E-state index contributed by atoms with van der Waals surface area (Å²) in [4.78, 5) is 19.4. The van der Waals surface area contributed by atoms with Crippen molar-refractivity contribution in [2.75, 3.05) is 44.7 Å². The van der Waals surface area contributed by atoms with Gasteiger partial charge in [0.2, 0.25) is 0 Å². The lowest BCUT2D eigenvalue weighted by atomic mass is 9.96. The predicted molar refractivity (Wildman–Crippen MR) is 157 cm³/mol. The molecule has 2 aromatic carbocycles. The predicted octanol–water partition coefficient (Wildman–Crippen LogP) is 1.53. The number of piperazine rings is 1. The molecule has 10 nitrogen and oxygen atoms in total. The minimum absolute atomic E-state index is 0.188. The van der Waals surface area contributed by atoms with Crippen LogP contribution in [-0.4, -0.2) is 102 Å². The van der Waals surface area contributed by atoms with Crippen molar-refractivity contribution in [2.24, 2.45) is 0 Å². The molecule has 2 aliphatic heterocycles. The van der Waals surface area contributed by atoms with E-state index in [2.05, 4.69) is 58.6 Å². The van der Waals surface area contributed by atoms with Gasteiger partial charge in [0.05, 0.1) is 6.61 Å². The summed E-state index contributed by atoms with van der Waals surface area (Å²) >= 11 is 1.45. The summed E-state index contributed by atoms with van der Waals surface area (Å²) in [6, 6.07) is 17.2. The smallest absolute Gasteiger partial charge is 0.262 e. The van der Waals surface area contributed by atoms with Gasteiger partial charge in [-0.15, -0.1) is 11.3 Å². The molecule has 2 fully saturated rings. The van der Waals surface area contributed by atoms with Crippen LogP contribution in [-0.2, 0) is 9.53 Å². The number of nitrogens with zero attached hydrogens (tertiary/aromatic N) is 3. The number of ether oxygens (including phenoxy) is 1. The number of aliphatic hydroxyl groups excluding tert-OH is 4. The van der Waals surface area contributed by atoms with E-state index in [1.165, 1.54) is 17.0 Å². The number of hydrogen-bond acceptors (Lipinski definition) is 10. The number of carbonyl (C=O) groups is 1. The average Bonchev–Trinajstić information content (AvgIpc) is 3.48. The van der Waals surface area contributed by atoms with E-state index in [0.29, 0.717) is 5.57 Å². The number of amides is 1. The van der Waals surface area contributed by atoms with Gasteiger partial charge < -0.3 is 40.3 Å². The first-order valence-corrected chi connectivity index (χ1v) is 14.3. The van der Waals surface area contributed by atoms with E-state index in [1.54, 1.807) is 6.92 Å². The van der Waals surface area contributed by atoms with Crippen molar-refractivity contribution >= 4 is 39.3 Å². The zero-order valence-electron chi connectivity index (χ0n) is 22.9. The van der Waals surface area contributed by atoms with Crippen molar-refractivity contribution in [1.29, 1.82) is 5.26 Å². The van der Waals surface area contributed by atoms with E-state index >= 15 is 0 Å². The van der Waals surface area contributed by atoms with Crippen LogP contribution < -0.4 is 10.2 Å². The Hall–Kier alpha value is -3.34. The van der Waals surface area contributed by atoms with Crippen LogP contribution in [0.2, 0.25) is 0 Å². The molecular weight excluding hydrogens is 544 g/mol. The van der Waals surface area contributed by atoms with Gasteiger partial charge in [-0.2, -0.15) is 5.26 Å². The number of allylic oxidation sites excluding steroid dienone is 1. The van der Waals surface area contributed by atoms with E-state index < -0.39 is 43.2 Å². The lowest BCUT2D eigenvalue weighted by molar-refractivity contribution is -0.253. The van der Waals surface area contributed by atoms with Crippen molar-refractivity contribution in [1.82, 2.24) is 10.2 Å². The molecule has 2 aliphatic rings. The van der Waals surface area contributed by atoms with Crippen LogP contribution in [0, 0.1) is 11.3 Å². The van der Waals surface area contributed by atoms with Crippen molar-refractivity contribution in [3.05, 3.63) is 59.0 Å². The third kappa shape index (κ3) is 6.00. The average molecular weight is 579 g/mol. The van der Waals surface area contributed by atoms with Crippen LogP contribution in [0.5, 0.6) is 0 Å². The van der Waals surface area contributed by atoms with Crippen LogP contribution in [0.3, 0.4) is 0 Å². The number of thiophene rings is 1. The van der Waals surface area contributed by atoms with Crippen molar-refractivity contribution in [3.8, 4) is 16.5 Å². The van der Waals surface area contributed by atoms with E-state index in [-0.39, 0.29) is 5.57 Å². The van der Waals surface area contributed by atoms with Gasteiger partial charge in [0.1, 0.15) is 36.0 Å². The zero-order valence-corrected chi connectivity index (χ0v) is 23.7. The normalized spacial score (nSPS) is 26.0. The van der Waals surface area contributed by atoms with Gasteiger partial charge in [0.25, 0.3) is 5.91 Å². The molecule has 1 unspecified atom stereocenters. The highest BCUT2D eigenvalue weighted by Crippen LogP contribution is 2.35. The monoisotopic (exact) mass is 578 g/mol. The van der Waals surface area contributed by atoms with Crippen LogP contribution in [0.15, 0.2) is 54.1 Å². The Kier molecular flexibility index (Phi) is 8.72. The molecule has 0 aliphatic carbocycles. The number of hydrogen-bond donors (Lipinski definition) is 5. The second-order valence-corrected chi connectivity index (χ2v) is 11.6. The molecule has 0 saturated carbocycles. The Morgan fingerprint density at radius 3 is 2.46 bits per heavy atom. The van der Waals surface area contributed by atoms with Crippen molar-refractivity contribution in [3.63, 3.8) is 0 Å². The summed E-state index contributed by atoms with van der Waals surface area (Å²) in [5.74, 6) is -0.817. The molecule has 1 aromatic heterocycles. The topological polar surface area (TPSA) is 150 Å². The summed E-state index contributed by atoms with van der Waals surface area (Å²) in [6.45, 7) is 5.16. The molecular formula is C30H34N4O6S. The van der Waals surface area contributed by atoms with Gasteiger partial charge in [0.15, 0.2) is 6.29 Å². The number of rotatable bonds is 6. The van der Waals surface area contributed by atoms with Crippen molar-refractivity contribution in [2.45, 2.75) is 37.6 Å². The van der Waals surface area contributed by atoms with Gasteiger partial charge in [0, 0.05) is 41.6 Å². The van der Waals surface area contributed by atoms with Crippen LogP contribution >= 0.6 is 11.3 Å². The zero-order chi connectivity index (χ0) is 29.3. The fraction of sp³-hybridized carbons (Fsp3) is 0.400. The van der Waals surface area contributed by atoms with Gasteiger partial charge >= 0.3 is 0 Å². The summed E-state index contributed by atoms with van der Waals surface area (Å²) in [5.41, 5.74) is 2.50. The lowest BCUT2D eigenvalue weighted by Gasteiger charge is -2.40. The molecule has 0 spiro atoms. The van der Waals surface area contributed by atoms with Gasteiger partial charge in [-0.1, -0.05) is 18.2 Å². The second-order valence-electron chi connectivity index (χ2n) is 10.5. The summed E-state index contributed by atoms with van der Waals surface area (Å²) in [5, 5.41) is 54.4. The minimum atomic E-state index is -1.67. The summed E-state index contributed by atoms with van der Waals surface area (Å²) < 4.78 is 5.09. The van der Waals surface area contributed by atoms with E-state index in [0.717, 1.165) is 52.3 Å². The van der Waals surface area contributed by atoms with Gasteiger partial charge in [-0.05, 0) is 66.2 Å². The first-order valence-electron chi connectivity index (χ1n) is 13.5. The summed E-state index contributed by atoms with van der Waals surface area (Å²) in [6.07, 6.45) is -5.99. The highest BCUT2D eigenvalue weighted by atomic mass is 32.1. The number of fused-ring (bicyclic) bond motifs is 1. The Morgan fingerprint density at radius 2 is 1.76 bits per heavy atom. The largest absolute Gasteiger partial charge is 0.394 e. The first-order chi connectivity index (χ1) is 19.7. The molecule has 5 rings (SSSR count). The van der Waals surface area contributed by atoms with Crippen molar-refractivity contribution < 1.29 is 30.0 Å².